The third-order valence-corrected chi connectivity index (χ3v) is 7.39. The molecule has 0 saturated carbocycles. The van der Waals surface area contributed by atoms with Crippen LogP contribution in [0.2, 0.25) is 5.02 Å². The Morgan fingerprint density at radius 2 is 1.60 bits per heavy atom. The third kappa shape index (κ3) is 3.75. The lowest BCUT2D eigenvalue weighted by atomic mass is 10.1. The van der Waals surface area contributed by atoms with E-state index in [0.29, 0.717) is 28.6 Å². The molecule has 134 valence electrons. The lowest BCUT2D eigenvalue weighted by molar-refractivity contribution is 0.146. The van der Waals surface area contributed by atoms with Crippen LogP contribution >= 0.6 is 11.6 Å². The molecule has 0 bridgehead atoms. The predicted molar refractivity (Wildman–Crippen MR) is 101 cm³/mol. The van der Waals surface area contributed by atoms with Crippen molar-refractivity contribution in [3.05, 3.63) is 64.7 Å². The molecule has 2 aromatic rings. The topological polar surface area (TPSA) is 40.6 Å². The highest BCUT2D eigenvalue weighted by atomic mass is 35.5. The average Bonchev–Trinajstić information content (AvgIpc) is 2.64. The number of benzene rings is 2. The number of halogens is 1. The average molecular weight is 379 g/mol. The normalized spacial score (nSPS) is 18.2. The Morgan fingerprint density at radius 3 is 2.24 bits per heavy atom. The van der Waals surface area contributed by atoms with E-state index in [9.17, 15) is 8.42 Å². The van der Waals surface area contributed by atoms with Crippen LogP contribution in [-0.2, 0) is 10.0 Å². The molecule has 1 aliphatic heterocycles. The number of sulfonamides is 1. The molecule has 0 amide bonds. The van der Waals surface area contributed by atoms with Gasteiger partial charge in [0, 0.05) is 37.2 Å². The van der Waals surface area contributed by atoms with Gasteiger partial charge in [0.15, 0.2) is 0 Å². The highest BCUT2D eigenvalue weighted by molar-refractivity contribution is 7.89. The van der Waals surface area contributed by atoms with Gasteiger partial charge in [-0.05, 0) is 37.1 Å². The van der Waals surface area contributed by atoms with Gasteiger partial charge in [-0.15, -0.1) is 0 Å². The van der Waals surface area contributed by atoms with Crippen molar-refractivity contribution >= 4 is 21.6 Å². The highest BCUT2D eigenvalue weighted by Crippen LogP contribution is 2.28. The molecular weight excluding hydrogens is 356 g/mol. The number of hydrogen-bond donors (Lipinski definition) is 0. The summed E-state index contributed by atoms with van der Waals surface area (Å²) in [5, 5.41) is 0.484. The van der Waals surface area contributed by atoms with Crippen LogP contribution in [0.4, 0.5) is 0 Å². The number of piperazine rings is 1. The monoisotopic (exact) mass is 378 g/mol. The Labute approximate surface area is 155 Å². The minimum absolute atomic E-state index is 0.277. The Morgan fingerprint density at radius 1 is 0.960 bits per heavy atom. The predicted octanol–water partition coefficient (Wildman–Crippen LogP) is 3.72. The van der Waals surface area contributed by atoms with Gasteiger partial charge in [0.1, 0.15) is 0 Å². The van der Waals surface area contributed by atoms with Gasteiger partial charge in [-0.1, -0.05) is 48.0 Å². The summed E-state index contributed by atoms with van der Waals surface area (Å²) in [5.41, 5.74) is 1.87. The molecule has 0 N–H and O–H groups in total. The van der Waals surface area contributed by atoms with Gasteiger partial charge < -0.3 is 0 Å². The minimum Gasteiger partial charge on any atom is -0.294 e. The largest absolute Gasteiger partial charge is 0.294 e. The molecule has 1 aliphatic rings. The minimum atomic E-state index is -3.51. The van der Waals surface area contributed by atoms with Crippen molar-refractivity contribution in [3.8, 4) is 0 Å². The Kier molecular flexibility index (Phi) is 5.49. The molecule has 1 atom stereocenters. The summed E-state index contributed by atoms with van der Waals surface area (Å²) >= 11 is 6.10. The summed E-state index contributed by atoms with van der Waals surface area (Å²) in [7, 11) is -3.51. The van der Waals surface area contributed by atoms with Crippen molar-refractivity contribution in [3.63, 3.8) is 0 Å². The summed E-state index contributed by atoms with van der Waals surface area (Å²) in [6, 6.07) is 15.6. The van der Waals surface area contributed by atoms with Gasteiger partial charge in [0.25, 0.3) is 0 Å². The fourth-order valence-corrected chi connectivity index (χ4v) is 5.18. The first kappa shape index (κ1) is 18.4. The first-order valence-electron chi connectivity index (χ1n) is 8.45. The van der Waals surface area contributed by atoms with Crippen LogP contribution in [0.15, 0.2) is 53.4 Å². The molecule has 25 heavy (non-hydrogen) atoms. The Balaban J connectivity index is 1.72. The van der Waals surface area contributed by atoms with Gasteiger partial charge in [-0.25, -0.2) is 8.42 Å². The summed E-state index contributed by atoms with van der Waals surface area (Å²) in [4.78, 5) is 2.64. The third-order valence-electron chi connectivity index (χ3n) is 4.94. The van der Waals surface area contributed by atoms with Crippen LogP contribution in [0, 0.1) is 6.92 Å². The van der Waals surface area contributed by atoms with Crippen LogP contribution in [0.25, 0.3) is 0 Å². The Bertz CT molecular complexity index is 832. The molecule has 6 heteroatoms. The molecule has 0 radical (unpaired) electrons. The van der Waals surface area contributed by atoms with E-state index >= 15 is 0 Å². The van der Waals surface area contributed by atoms with E-state index in [2.05, 4.69) is 24.0 Å². The zero-order valence-corrected chi connectivity index (χ0v) is 16.1. The van der Waals surface area contributed by atoms with Crippen molar-refractivity contribution in [2.45, 2.75) is 24.8 Å². The summed E-state index contributed by atoms with van der Waals surface area (Å²) in [6.07, 6.45) is 0. The molecule has 0 spiro atoms. The van der Waals surface area contributed by atoms with Crippen LogP contribution in [0.1, 0.15) is 24.1 Å². The smallest absolute Gasteiger partial charge is 0.243 e. The highest BCUT2D eigenvalue weighted by Gasteiger charge is 2.31. The van der Waals surface area contributed by atoms with Gasteiger partial charge in [-0.3, -0.25) is 4.90 Å². The van der Waals surface area contributed by atoms with Gasteiger partial charge in [-0.2, -0.15) is 4.31 Å². The van der Waals surface area contributed by atoms with Crippen LogP contribution in [-0.4, -0.2) is 43.8 Å². The maximum atomic E-state index is 13.0. The lowest BCUT2D eigenvalue weighted by Crippen LogP contribution is -2.49. The lowest BCUT2D eigenvalue weighted by Gasteiger charge is -2.37. The quantitative estimate of drug-likeness (QED) is 0.814. The zero-order valence-electron chi connectivity index (χ0n) is 14.5. The fraction of sp³-hybridized carbons (Fsp3) is 0.368. The zero-order chi connectivity index (χ0) is 18.0. The second-order valence-electron chi connectivity index (χ2n) is 6.39. The second-order valence-corrected chi connectivity index (χ2v) is 8.70. The van der Waals surface area contributed by atoms with E-state index in [-0.39, 0.29) is 6.04 Å². The molecule has 3 rings (SSSR count). The van der Waals surface area contributed by atoms with Crippen LogP contribution in [0.5, 0.6) is 0 Å². The van der Waals surface area contributed by atoms with Crippen LogP contribution < -0.4 is 0 Å². The van der Waals surface area contributed by atoms with Gasteiger partial charge in [0.05, 0.1) is 4.90 Å². The van der Waals surface area contributed by atoms with Crippen molar-refractivity contribution in [1.29, 1.82) is 0 Å². The van der Waals surface area contributed by atoms with Crippen molar-refractivity contribution in [1.82, 2.24) is 9.21 Å². The summed E-state index contributed by atoms with van der Waals surface area (Å²) < 4.78 is 27.5. The fourth-order valence-electron chi connectivity index (χ4n) is 3.28. The standard InChI is InChI=1S/C19H23ClN2O2S/c1-15-18(20)9-6-10-19(15)25(23,24)22-13-11-21(12-14-22)16(2)17-7-4-3-5-8-17/h3-10,16H,11-14H2,1-2H3. The van der Waals surface area contributed by atoms with Crippen LogP contribution in [0.3, 0.4) is 0 Å². The maximum absolute atomic E-state index is 13.0. The molecule has 1 saturated heterocycles. The van der Waals surface area contributed by atoms with E-state index in [1.165, 1.54) is 5.56 Å². The first-order chi connectivity index (χ1) is 11.9. The second kappa shape index (κ2) is 7.46. The summed E-state index contributed by atoms with van der Waals surface area (Å²) in [6.45, 7) is 6.34. The van der Waals surface area contributed by atoms with E-state index < -0.39 is 10.0 Å². The van der Waals surface area contributed by atoms with Crippen molar-refractivity contribution < 1.29 is 8.42 Å². The molecule has 1 fully saturated rings. The van der Waals surface area contributed by atoms with Gasteiger partial charge >= 0.3 is 0 Å². The molecular formula is C19H23ClN2O2S. The van der Waals surface area contributed by atoms with E-state index in [1.807, 2.05) is 18.2 Å². The van der Waals surface area contributed by atoms with Gasteiger partial charge in [0.2, 0.25) is 10.0 Å². The van der Waals surface area contributed by atoms with E-state index in [1.54, 1.807) is 29.4 Å². The van der Waals surface area contributed by atoms with Crippen molar-refractivity contribution in [2.75, 3.05) is 26.2 Å². The SMILES string of the molecule is Cc1c(Cl)cccc1S(=O)(=O)N1CCN(C(C)c2ccccc2)CC1. The number of rotatable bonds is 4. The maximum Gasteiger partial charge on any atom is 0.243 e. The van der Waals surface area contributed by atoms with E-state index in [4.69, 9.17) is 11.6 Å². The summed E-state index contributed by atoms with van der Waals surface area (Å²) in [5.74, 6) is 0. The molecule has 1 heterocycles. The molecule has 4 nitrogen and oxygen atoms in total. The Hall–Kier alpha value is -1.40. The first-order valence-corrected chi connectivity index (χ1v) is 10.3. The molecule has 2 aromatic carbocycles. The molecule has 0 aliphatic carbocycles. The van der Waals surface area contributed by atoms with E-state index in [0.717, 1.165) is 13.1 Å². The number of hydrogen-bond acceptors (Lipinski definition) is 3. The molecule has 1 unspecified atom stereocenters. The number of nitrogens with zero attached hydrogens (tertiary/aromatic N) is 2. The van der Waals surface area contributed by atoms with Crippen molar-refractivity contribution in [2.24, 2.45) is 0 Å². The molecule has 0 aromatic heterocycles.